The molecule has 3 aliphatic rings. The molecule has 0 unspecified atom stereocenters. The molecular weight excluding hydrogens is 428 g/mol. The monoisotopic (exact) mass is 462 g/mol. The van der Waals surface area contributed by atoms with Crippen LogP contribution in [0.2, 0.25) is 0 Å². The third-order valence-electron chi connectivity index (χ3n) is 7.15. The van der Waals surface area contributed by atoms with E-state index in [1.165, 1.54) is 10.6 Å². The number of sulfonamides is 1. The molecule has 1 aromatic rings. The molecule has 2 heterocycles. The molecular formula is C24H34N2O5S. The normalized spacial score (nSPS) is 21.1. The van der Waals surface area contributed by atoms with Gasteiger partial charge >= 0.3 is 6.09 Å². The highest BCUT2D eigenvalue weighted by atomic mass is 32.2. The SMILES string of the molecule is CC1(OC(=O)N2CCC(CCCC(=O)c3ccc4c(c3)CCN(S(C)(=O)=O)C4)CC2)CC1. The summed E-state index contributed by atoms with van der Waals surface area (Å²) >= 11 is 0. The van der Waals surface area contributed by atoms with Gasteiger partial charge in [-0.1, -0.05) is 12.1 Å². The van der Waals surface area contributed by atoms with Gasteiger partial charge in [-0.05, 0) is 75.0 Å². The Morgan fingerprint density at radius 1 is 1.12 bits per heavy atom. The summed E-state index contributed by atoms with van der Waals surface area (Å²) in [7, 11) is -3.19. The standard InChI is InChI=1S/C24H34N2O5S/c1-24(11-12-24)31-23(28)25-13-8-18(9-14-25)4-3-5-22(27)20-6-7-21-17-26(32(2,29)30)15-10-19(21)16-20/h6-7,16,18H,3-5,8-15,17H2,1-2H3. The summed E-state index contributed by atoms with van der Waals surface area (Å²) in [4.78, 5) is 26.7. The van der Waals surface area contributed by atoms with Gasteiger partial charge in [-0.2, -0.15) is 4.31 Å². The number of rotatable bonds is 7. The lowest BCUT2D eigenvalue weighted by Gasteiger charge is -2.32. The summed E-state index contributed by atoms with van der Waals surface area (Å²) < 4.78 is 30.6. The van der Waals surface area contributed by atoms with Crippen molar-refractivity contribution in [1.29, 1.82) is 0 Å². The van der Waals surface area contributed by atoms with Gasteiger partial charge in [-0.25, -0.2) is 13.2 Å². The number of carbonyl (C=O) groups is 2. The quantitative estimate of drug-likeness (QED) is 0.576. The number of likely N-dealkylation sites (tertiary alicyclic amines) is 1. The predicted octanol–water partition coefficient (Wildman–Crippen LogP) is 3.76. The zero-order valence-corrected chi connectivity index (χ0v) is 20.0. The molecule has 2 aliphatic heterocycles. The van der Waals surface area contributed by atoms with Gasteiger partial charge in [-0.3, -0.25) is 4.79 Å². The van der Waals surface area contributed by atoms with Gasteiger partial charge in [0, 0.05) is 38.2 Å². The summed E-state index contributed by atoms with van der Waals surface area (Å²) in [6.45, 7) is 4.32. The molecule has 0 spiro atoms. The third kappa shape index (κ3) is 5.70. The molecule has 8 heteroatoms. The Hall–Kier alpha value is -1.93. The fourth-order valence-electron chi connectivity index (χ4n) is 4.64. The molecule has 1 aromatic carbocycles. The number of hydrogen-bond acceptors (Lipinski definition) is 5. The van der Waals surface area contributed by atoms with Crippen LogP contribution in [0.3, 0.4) is 0 Å². The van der Waals surface area contributed by atoms with Crippen molar-refractivity contribution in [2.45, 2.75) is 70.4 Å². The fourth-order valence-corrected chi connectivity index (χ4v) is 5.43. The molecule has 2 fully saturated rings. The largest absolute Gasteiger partial charge is 0.443 e. The third-order valence-corrected chi connectivity index (χ3v) is 8.40. The van der Waals surface area contributed by atoms with E-state index in [2.05, 4.69) is 0 Å². The summed E-state index contributed by atoms with van der Waals surface area (Å²) in [5.74, 6) is 0.700. The first kappa shape index (κ1) is 23.2. The maximum atomic E-state index is 12.7. The van der Waals surface area contributed by atoms with Crippen LogP contribution in [0.5, 0.6) is 0 Å². The van der Waals surface area contributed by atoms with Gasteiger partial charge in [-0.15, -0.1) is 0 Å². The van der Waals surface area contributed by atoms with Crippen molar-refractivity contribution in [1.82, 2.24) is 9.21 Å². The van der Waals surface area contributed by atoms with E-state index in [0.29, 0.717) is 31.8 Å². The van der Waals surface area contributed by atoms with Crippen molar-refractivity contribution in [3.05, 3.63) is 34.9 Å². The van der Waals surface area contributed by atoms with E-state index < -0.39 is 10.0 Å². The number of ketones is 1. The minimum atomic E-state index is -3.19. The Morgan fingerprint density at radius 3 is 2.50 bits per heavy atom. The topological polar surface area (TPSA) is 84.0 Å². The van der Waals surface area contributed by atoms with Gasteiger partial charge in [0.2, 0.25) is 10.0 Å². The van der Waals surface area contributed by atoms with Crippen LogP contribution in [-0.4, -0.2) is 61.0 Å². The van der Waals surface area contributed by atoms with E-state index in [4.69, 9.17) is 4.74 Å². The zero-order chi connectivity index (χ0) is 22.9. The number of amides is 1. The van der Waals surface area contributed by atoms with Crippen LogP contribution in [0.1, 0.15) is 73.4 Å². The van der Waals surface area contributed by atoms with Gasteiger partial charge in [0.1, 0.15) is 5.60 Å². The summed E-state index contributed by atoms with van der Waals surface area (Å²) in [5.41, 5.74) is 2.56. The Bertz CT molecular complexity index is 978. The number of benzene rings is 1. The molecule has 1 saturated heterocycles. The lowest BCUT2D eigenvalue weighted by atomic mass is 9.90. The Morgan fingerprint density at radius 2 is 1.84 bits per heavy atom. The second kappa shape index (κ2) is 9.14. The Balaban J connectivity index is 1.20. The summed E-state index contributed by atoms with van der Waals surface area (Å²) in [6, 6.07) is 5.68. The van der Waals surface area contributed by atoms with Crippen molar-refractivity contribution < 1.29 is 22.7 Å². The molecule has 32 heavy (non-hydrogen) atoms. The number of nitrogens with zero attached hydrogens (tertiary/aromatic N) is 2. The van der Waals surface area contributed by atoms with E-state index in [1.54, 1.807) is 0 Å². The maximum absolute atomic E-state index is 12.7. The molecule has 7 nitrogen and oxygen atoms in total. The van der Waals surface area contributed by atoms with E-state index in [-0.39, 0.29) is 17.5 Å². The molecule has 0 radical (unpaired) electrons. The van der Waals surface area contributed by atoms with Crippen LogP contribution in [0, 0.1) is 5.92 Å². The molecule has 176 valence electrons. The van der Waals surface area contributed by atoms with E-state index in [0.717, 1.165) is 68.3 Å². The van der Waals surface area contributed by atoms with Crippen molar-refractivity contribution >= 4 is 21.9 Å². The number of ether oxygens (including phenoxy) is 1. The number of hydrogen-bond donors (Lipinski definition) is 0. The first-order valence-corrected chi connectivity index (χ1v) is 13.6. The highest BCUT2D eigenvalue weighted by Crippen LogP contribution is 2.39. The van der Waals surface area contributed by atoms with Crippen molar-refractivity contribution in [2.75, 3.05) is 25.9 Å². The van der Waals surface area contributed by atoms with Crippen LogP contribution in [0.25, 0.3) is 0 Å². The maximum Gasteiger partial charge on any atom is 0.410 e. The summed E-state index contributed by atoms with van der Waals surface area (Å²) in [6.07, 6.45) is 7.94. The van der Waals surface area contributed by atoms with E-state index in [9.17, 15) is 18.0 Å². The highest BCUT2D eigenvalue weighted by Gasteiger charge is 2.43. The molecule has 1 aliphatic carbocycles. The number of piperidine rings is 1. The van der Waals surface area contributed by atoms with Gasteiger partial charge in [0.05, 0.1) is 6.26 Å². The average molecular weight is 463 g/mol. The minimum absolute atomic E-state index is 0.150. The van der Waals surface area contributed by atoms with Crippen LogP contribution in [-0.2, 0) is 27.7 Å². The lowest BCUT2D eigenvalue weighted by Crippen LogP contribution is -2.40. The van der Waals surface area contributed by atoms with Crippen molar-refractivity contribution in [3.63, 3.8) is 0 Å². The number of carbonyl (C=O) groups excluding carboxylic acids is 2. The van der Waals surface area contributed by atoms with Gasteiger partial charge < -0.3 is 9.64 Å². The second-order valence-electron chi connectivity index (χ2n) is 9.89. The van der Waals surface area contributed by atoms with Crippen LogP contribution < -0.4 is 0 Å². The second-order valence-corrected chi connectivity index (χ2v) is 11.9. The van der Waals surface area contributed by atoms with Gasteiger partial charge in [0.15, 0.2) is 5.78 Å². The lowest BCUT2D eigenvalue weighted by molar-refractivity contribution is 0.0484. The van der Waals surface area contributed by atoms with Crippen LogP contribution in [0.15, 0.2) is 18.2 Å². The number of Topliss-reactive ketones (excluding diaryl/α,β-unsaturated/α-hetero) is 1. The molecule has 4 rings (SSSR count). The zero-order valence-electron chi connectivity index (χ0n) is 19.1. The van der Waals surface area contributed by atoms with E-state index >= 15 is 0 Å². The van der Waals surface area contributed by atoms with Gasteiger partial charge in [0.25, 0.3) is 0 Å². The highest BCUT2D eigenvalue weighted by molar-refractivity contribution is 7.88. The van der Waals surface area contributed by atoms with Crippen molar-refractivity contribution in [2.24, 2.45) is 5.92 Å². The first-order valence-electron chi connectivity index (χ1n) is 11.7. The molecule has 0 atom stereocenters. The predicted molar refractivity (Wildman–Crippen MR) is 122 cm³/mol. The average Bonchev–Trinajstić information content (AvgIpc) is 3.49. The molecule has 0 aromatic heterocycles. The number of fused-ring (bicyclic) bond motifs is 1. The molecule has 0 N–H and O–H groups in total. The van der Waals surface area contributed by atoms with Crippen molar-refractivity contribution in [3.8, 4) is 0 Å². The first-order chi connectivity index (χ1) is 15.1. The van der Waals surface area contributed by atoms with E-state index in [1.807, 2.05) is 30.0 Å². The fraction of sp³-hybridized carbons (Fsp3) is 0.667. The Kier molecular flexibility index (Phi) is 6.63. The van der Waals surface area contributed by atoms with Crippen LogP contribution in [0.4, 0.5) is 4.79 Å². The molecule has 1 amide bonds. The smallest absolute Gasteiger partial charge is 0.410 e. The van der Waals surface area contributed by atoms with Crippen LogP contribution >= 0.6 is 0 Å². The summed E-state index contributed by atoms with van der Waals surface area (Å²) in [5, 5.41) is 0. The minimum Gasteiger partial charge on any atom is -0.443 e. The molecule has 1 saturated carbocycles. The molecule has 0 bridgehead atoms. The Labute approximate surface area is 191 Å².